The summed E-state index contributed by atoms with van der Waals surface area (Å²) in [5, 5.41) is 0.529. The van der Waals surface area contributed by atoms with Crippen LogP contribution in [0.5, 0.6) is 11.5 Å². The first-order valence-corrected chi connectivity index (χ1v) is 7.63. The van der Waals surface area contributed by atoms with Crippen LogP contribution in [0, 0.1) is 0 Å². The fourth-order valence-electron chi connectivity index (χ4n) is 1.74. The minimum Gasteiger partial charge on any atom is -0.453 e. The molecule has 0 aliphatic rings. The monoisotopic (exact) mass is 412 g/mol. The van der Waals surface area contributed by atoms with E-state index in [9.17, 15) is 0 Å². The summed E-state index contributed by atoms with van der Waals surface area (Å²) < 4.78 is 7.62. The maximum atomic E-state index is 6.16. The number of pyridine rings is 2. The van der Waals surface area contributed by atoms with Gasteiger partial charge < -0.3 is 4.74 Å². The van der Waals surface area contributed by atoms with Crippen molar-refractivity contribution < 1.29 is 4.74 Å². The van der Waals surface area contributed by atoms with Crippen LogP contribution in [0.3, 0.4) is 0 Å². The van der Waals surface area contributed by atoms with Crippen LogP contribution < -0.4 is 4.74 Å². The summed E-state index contributed by atoms with van der Waals surface area (Å²) in [6, 6.07) is 9.11. The van der Waals surface area contributed by atoms with Crippen LogP contribution in [0.4, 0.5) is 0 Å². The third kappa shape index (κ3) is 2.80. The maximum Gasteiger partial charge on any atom is 0.156 e. The highest BCUT2D eigenvalue weighted by Crippen LogP contribution is 2.34. The van der Waals surface area contributed by atoms with E-state index in [1.807, 2.05) is 12.1 Å². The molecule has 2 aromatic heterocycles. The van der Waals surface area contributed by atoms with Crippen molar-refractivity contribution in [2.24, 2.45) is 0 Å². The van der Waals surface area contributed by atoms with Gasteiger partial charge in [0.05, 0.1) is 10.5 Å². The normalized spacial score (nSPS) is 10.8. The molecule has 0 bridgehead atoms. The van der Waals surface area contributed by atoms with Crippen molar-refractivity contribution in [1.29, 1.82) is 0 Å². The summed E-state index contributed by atoms with van der Waals surface area (Å²) in [5.74, 6) is 1.19. The van der Waals surface area contributed by atoms with Gasteiger partial charge >= 0.3 is 0 Å². The zero-order valence-electron chi connectivity index (χ0n) is 9.98. The van der Waals surface area contributed by atoms with E-state index in [4.69, 9.17) is 16.3 Å². The van der Waals surface area contributed by atoms with E-state index in [2.05, 4.69) is 41.8 Å². The predicted molar refractivity (Wildman–Crippen MR) is 86.5 cm³/mol. The summed E-state index contributed by atoms with van der Waals surface area (Å²) in [6.45, 7) is 0. The van der Waals surface area contributed by atoms with Gasteiger partial charge in [-0.2, -0.15) is 0 Å². The Morgan fingerprint density at radius 1 is 0.950 bits per heavy atom. The average Bonchev–Trinajstić information content (AvgIpc) is 2.41. The summed E-state index contributed by atoms with van der Waals surface area (Å²) in [6.07, 6.45) is 3.39. The van der Waals surface area contributed by atoms with Gasteiger partial charge in [0.25, 0.3) is 0 Å². The molecule has 0 amide bonds. The first kappa shape index (κ1) is 13.8. The molecule has 3 nitrogen and oxygen atoms in total. The lowest BCUT2D eigenvalue weighted by Crippen LogP contribution is -1.90. The standard InChI is InChI=1S/C14H7Br2ClN2O/c15-8-1-2-12(10(17)5-8)20-13-3-4-18-11-6-9(16)7-19-14(11)13/h1-7H. The molecule has 2 heterocycles. The Bertz CT molecular complexity index is 795. The van der Waals surface area contributed by atoms with Crippen LogP contribution in [0.15, 0.2) is 51.7 Å². The molecule has 0 saturated carbocycles. The minimum atomic E-state index is 0.529. The molecule has 0 fully saturated rings. The SMILES string of the molecule is Clc1cc(Br)ccc1Oc1ccnc2cc(Br)cnc12. The van der Waals surface area contributed by atoms with Gasteiger partial charge in [-0.25, -0.2) is 4.98 Å². The smallest absolute Gasteiger partial charge is 0.156 e. The van der Waals surface area contributed by atoms with Crippen LogP contribution in [-0.4, -0.2) is 9.97 Å². The highest BCUT2D eigenvalue weighted by atomic mass is 79.9. The third-order valence-electron chi connectivity index (χ3n) is 2.62. The number of ether oxygens (including phenoxy) is 1. The Morgan fingerprint density at radius 3 is 2.60 bits per heavy atom. The number of nitrogens with zero attached hydrogens (tertiary/aromatic N) is 2. The van der Waals surface area contributed by atoms with Gasteiger partial charge in [-0.3, -0.25) is 4.98 Å². The van der Waals surface area contributed by atoms with Crippen molar-refractivity contribution >= 4 is 54.5 Å². The van der Waals surface area contributed by atoms with Gasteiger partial charge in [0, 0.05) is 27.4 Å². The fourth-order valence-corrected chi connectivity index (χ4v) is 2.77. The molecule has 0 N–H and O–H groups in total. The molecule has 1 aromatic carbocycles. The molecule has 0 atom stereocenters. The number of hydrogen-bond donors (Lipinski definition) is 0. The predicted octanol–water partition coefficient (Wildman–Crippen LogP) is 5.60. The second-order valence-corrected chi connectivity index (χ2v) is 6.25. The van der Waals surface area contributed by atoms with E-state index in [0.717, 1.165) is 14.5 Å². The number of halogens is 3. The molecule has 3 aromatic rings. The number of fused-ring (bicyclic) bond motifs is 1. The van der Waals surface area contributed by atoms with E-state index in [1.54, 1.807) is 30.6 Å². The highest BCUT2D eigenvalue weighted by Gasteiger charge is 2.09. The Morgan fingerprint density at radius 2 is 1.80 bits per heavy atom. The van der Waals surface area contributed by atoms with Crippen molar-refractivity contribution in [3.63, 3.8) is 0 Å². The second kappa shape index (κ2) is 5.68. The van der Waals surface area contributed by atoms with Gasteiger partial charge in [0.15, 0.2) is 5.75 Å². The molecule has 0 spiro atoms. The number of rotatable bonds is 2. The van der Waals surface area contributed by atoms with E-state index in [-0.39, 0.29) is 0 Å². The van der Waals surface area contributed by atoms with Crippen LogP contribution >= 0.6 is 43.5 Å². The minimum absolute atomic E-state index is 0.529. The molecule has 0 saturated heterocycles. The summed E-state index contributed by atoms with van der Waals surface area (Å²) >= 11 is 12.9. The lowest BCUT2D eigenvalue weighted by Gasteiger charge is -2.09. The van der Waals surface area contributed by atoms with Crippen molar-refractivity contribution in [2.45, 2.75) is 0 Å². The first-order valence-electron chi connectivity index (χ1n) is 5.66. The topological polar surface area (TPSA) is 35.0 Å². The zero-order valence-corrected chi connectivity index (χ0v) is 13.9. The Hall–Kier alpha value is -1.17. The van der Waals surface area contributed by atoms with Crippen LogP contribution in [0.25, 0.3) is 11.0 Å². The lowest BCUT2D eigenvalue weighted by atomic mass is 10.3. The van der Waals surface area contributed by atoms with Crippen molar-refractivity contribution in [1.82, 2.24) is 9.97 Å². The zero-order chi connectivity index (χ0) is 14.1. The third-order valence-corrected chi connectivity index (χ3v) is 3.84. The van der Waals surface area contributed by atoms with Gasteiger partial charge in [-0.1, -0.05) is 27.5 Å². The summed E-state index contributed by atoms with van der Waals surface area (Å²) in [7, 11) is 0. The van der Waals surface area contributed by atoms with Crippen molar-refractivity contribution in [2.75, 3.05) is 0 Å². The number of benzene rings is 1. The molecule has 3 rings (SSSR count). The second-order valence-electron chi connectivity index (χ2n) is 4.01. The van der Waals surface area contributed by atoms with E-state index in [0.29, 0.717) is 22.0 Å². The summed E-state index contributed by atoms with van der Waals surface area (Å²) in [5.41, 5.74) is 1.44. The van der Waals surface area contributed by atoms with Crippen molar-refractivity contribution in [3.05, 3.63) is 56.7 Å². The molecular weight excluding hydrogens is 407 g/mol. The molecule has 0 radical (unpaired) electrons. The molecule has 20 heavy (non-hydrogen) atoms. The number of hydrogen-bond acceptors (Lipinski definition) is 3. The Balaban J connectivity index is 2.06. The number of aromatic nitrogens is 2. The molecule has 6 heteroatoms. The van der Waals surface area contributed by atoms with E-state index >= 15 is 0 Å². The lowest BCUT2D eigenvalue weighted by molar-refractivity contribution is 0.487. The van der Waals surface area contributed by atoms with Gasteiger partial charge in [-0.15, -0.1) is 0 Å². The van der Waals surface area contributed by atoms with Crippen molar-refractivity contribution in [3.8, 4) is 11.5 Å². The summed E-state index contributed by atoms with van der Waals surface area (Å²) in [4.78, 5) is 8.61. The Labute approximate surface area is 137 Å². The largest absolute Gasteiger partial charge is 0.453 e. The Kier molecular flexibility index (Phi) is 3.92. The molecule has 0 aliphatic carbocycles. The molecule has 100 valence electrons. The van der Waals surface area contributed by atoms with Crippen LogP contribution in [0.1, 0.15) is 0 Å². The van der Waals surface area contributed by atoms with Gasteiger partial charge in [0.2, 0.25) is 0 Å². The van der Waals surface area contributed by atoms with Gasteiger partial charge in [-0.05, 0) is 40.2 Å². The molecule has 0 aliphatic heterocycles. The molecular formula is C14H7Br2ClN2O. The van der Waals surface area contributed by atoms with Crippen LogP contribution in [-0.2, 0) is 0 Å². The van der Waals surface area contributed by atoms with Crippen LogP contribution in [0.2, 0.25) is 5.02 Å². The fraction of sp³-hybridized carbons (Fsp3) is 0. The molecule has 0 unspecified atom stereocenters. The maximum absolute atomic E-state index is 6.16. The quantitative estimate of drug-likeness (QED) is 0.547. The van der Waals surface area contributed by atoms with E-state index < -0.39 is 0 Å². The average molecular weight is 414 g/mol. The van der Waals surface area contributed by atoms with Gasteiger partial charge in [0.1, 0.15) is 11.3 Å². The highest BCUT2D eigenvalue weighted by molar-refractivity contribution is 9.10. The van der Waals surface area contributed by atoms with E-state index in [1.165, 1.54) is 0 Å². The first-order chi connectivity index (χ1) is 9.63.